The van der Waals surface area contributed by atoms with Crippen LogP contribution in [-0.2, 0) is 0 Å². The van der Waals surface area contributed by atoms with E-state index in [2.05, 4.69) is 10.3 Å². The van der Waals surface area contributed by atoms with E-state index in [1.807, 2.05) is 84.9 Å². The molecule has 4 nitrogen and oxygen atoms in total. The summed E-state index contributed by atoms with van der Waals surface area (Å²) in [5, 5.41) is 25.6. The van der Waals surface area contributed by atoms with Crippen LogP contribution in [0.4, 0.5) is 0 Å². The second-order valence-corrected chi connectivity index (χ2v) is 5.21. The highest BCUT2D eigenvalue weighted by atomic mass is 16.4. The SMILES string of the molecule is O/N=C(\c1ccccc1)c1ccc(/C(=N/O)c2ccccc2)cc1. The number of benzene rings is 3. The monoisotopic (exact) mass is 316 g/mol. The Morgan fingerprint density at radius 2 is 0.750 bits per heavy atom. The predicted octanol–water partition coefficient (Wildman–Crippen LogP) is 4.14. The van der Waals surface area contributed by atoms with Crippen molar-refractivity contribution in [1.29, 1.82) is 0 Å². The fourth-order valence-corrected chi connectivity index (χ4v) is 2.54. The molecule has 0 radical (unpaired) electrons. The maximum absolute atomic E-state index is 9.36. The average molecular weight is 316 g/mol. The first-order valence-corrected chi connectivity index (χ1v) is 7.49. The standard InChI is InChI=1S/C20H16N2O2/c23-21-19(15-7-3-1-4-8-15)17-11-13-18(14-12-17)20(22-24)16-9-5-2-6-10-16/h1-14,23-24H/b21-19+,22-20+. The van der Waals surface area contributed by atoms with Crippen molar-refractivity contribution in [3.05, 3.63) is 107 Å². The van der Waals surface area contributed by atoms with E-state index in [1.54, 1.807) is 0 Å². The molecule has 4 heteroatoms. The largest absolute Gasteiger partial charge is 0.410 e. The van der Waals surface area contributed by atoms with Gasteiger partial charge < -0.3 is 10.4 Å². The second kappa shape index (κ2) is 7.24. The maximum atomic E-state index is 9.36. The Hall–Kier alpha value is -3.40. The maximum Gasteiger partial charge on any atom is 0.117 e. The molecule has 0 saturated carbocycles. The Balaban J connectivity index is 1.93. The van der Waals surface area contributed by atoms with Crippen LogP contribution >= 0.6 is 0 Å². The van der Waals surface area contributed by atoms with E-state index in [-0.39, 0.29) is 0 Å². The molecule has 3 aromatic carbocycles. The number of hydrogen-bond donors (Lipinski definition) is 2. The second-order valence-electron chi connectivity index (χ2n) is 5.21. The van der Waals surface area contributed by atoms with Gasteiger partial charge in [0.25, 0.3) is 0 Å². The fraction of sp³-hybridized carbons (Fsp3) is 0. The molecule has 2 N–H and O–H groups in total. The van der Waals surface area contributed by atoms with E-state index in [9.17, 15) is 10.4 Å². The van der Waals surface area contributed by atoms with Crippen molar-refractivity contribution in [3.8, 4) is 0 Å². The molecule has 0 atom stereocenters. The molecule has 118 valence electrons. The third-order valence-corrected chi connectivity index (χ3v) is 3.73. The number of rotatable bonds is 4. The van der Waals surface area contributed by atoms with E-state index in [4.69, 9.17) is 0 Å². The summed E-state index contributed by atoms with van der Waals surface area (Å²) in [5.74, 6) is 0. The van der Waals surface area contributed by atoms with Gasteiger partial charge in [0.1, 0.15) is 11.4 Å². The summed E-state index contributed by atoms with van der Waals surface area (Å²) in [6, 6.07) is 26.3. The summed E-state index contributed by atoms with van der Waals surface area (Å²) in [7, 11) is 0. The Bertz CT molecular complexity index is 781. The summed E-state index contributed by atoms with van der Waals surface area (Å²) in [5.41, 5.74) is 4.18. The quantitative estimate of drug-likeness (QED) is 0.431. The smallest absolute Gasteiger partial charge is 0.117 e. The molecule has 0 heterocycles. The third kappa shape index (κ3) is 3.17. The zero-order valence-electron chi connectivity index (χ0n) is 12.9. The van der Waals surface area contributed by atoms with Crippen molar-refractivity contribution in [2.75, 3.05) is 0 Å². The van der Waals surface area contributed by atoms with Crippen LogP contribution in [0, 0.1) is 0 Å². The highest BCUT2D eigenvalue weighted by Gasteiger charge is 2.10. The minimum atomic E-state index is 0.490. The molecule has 0 aliphatic rings. The van der Waals surface area contributed by atoms with Crippen LogP contribution < -0.4 is 0 Å². The van der Waals surface area contributed by atoms with Gasteiger partial charge in [0.05, 0.1) is 0 Å². The molecule has 0 unspecified atom stereocenters. The van der Waals surface area contributed by atoms with E-state index in [0.29, 0.717) is 11.4 Å². The summed E-state index contributed by atoms with van der Waals surface area (Å²) >= 11 is 0. The van der Waals surface area contributed by atoms with Crippen molar-refractivity contribution in [2.24, 2.45) is 10.3 Å². The van der Waals surface area contributed by atoms with Crippen molar-refractivity contribution in [2.45, 2.75) is 0 Å². The van der Waals surface area contributed by atoms with Gasteiger partial charge in [0.15, 0.2) is 0 Å². The normalized spacial score (nSPS) is 12.2. The van der Waals surface area contributed by atoms with Gasteiger partial charge in [-0.05, 0) is 0 Å². The molecule has 3 aromatic rings. The predicted molar refractivity (Wildman–Crippen MR) is 94.2 cm³/mol. The lowest BCUT2D eigenvalue weighted by molar-refractivity contribution is 0.319. The van der Waals surface area contributed by atoms with E-state index in [1.165, 1.54) is 0 Å². The first-order chi connectivity index (χ1) is 11.8. The number of hydrogen-bond acceptors (Lipinski definition) is 4. The van der Waals surface area contributed by atoms with E-state index in [0.717, 1.165) is 22.3 Å². The summed E-state index contributed by atoms with van der Waals surface area (Å²) in [6.07, 6.45) is 0. The molecule has 0 aliphatic heterocycles. The Kier molecular flexibility index (Phi) is 4.68. The average Bonchev–Trinajstić information content (AvgIpc) is 2.66. The summed E-state index contributed by atoms with van der Waals surface area (Å²) in [4.78, 5) is 0. The van der Waals surface area contributed by atoms with Crippen LogP contribution in [0.2, 0.25) is 0 Å². The van der Waals surface area contributed by atoms with Gasteiger partial charge in [0, 0.05) is 22.3 Å². The highest BCUT2D eigenvalue weighted by molar-refractivity contribution is 6.15. The molecule has 0 aromatic heterocycles. The van der Waals surface area contributed by atoms with Crippen molar-refractivity contribution >= 4 is 11.4 Å². The minimum Gasteiger partial charge on any atom is -0.410 e. The van der Waals surface area contributed by atoms with Gasteiger partial charge in [-0.15, -0.1) is 0 Å². The number of nitrogens with zero attached hydrogens (tertiary/aromatic N) is 2. The minimum absolute atomic E-state index is 0.490. The lowest BCUT2D eigenvalue weighted by atomic mass is 9.98. The summed E-state index contributed by atoms with van der Waals surface area (Å²) in [6.45, 7) is 0. The van der Waals surface area contributed by atoms with Crippen LogP contribution in [-0.4, -0.2) is 21.8 Å². The molecule has 0 saturated heterocycles. The first kappa shape index (κ1) is 15.5. The molecule has 0 aliphatic carbocycles. The van der Waals surface area contributed by atoms with Crippen LogP contribution in [0.3, 0.4) is 0 Å². The zero-order chi connectivity index (χ0) is 16.8. The Morgan fingerprint density at radius 1 is 0.458 bits per heavy atom. The van der Waals surface area contributed by atoms with Gasteiger partial charge in [0.2, 0.25) is 0 Å². The molecular formula is C20H16N2O2. The Morgan fingerprint density at radius 3 is 1.04 bits per heavy atom. The third-order valence-electron chi connectivity index (χ3n) is 3.73. The van der Waals surface area contributed by atoms with E-state index < -0.39 is 0 Å². The van der Waals surface area contributed by atoms with Crippen LogP contribution in [0.5, 0.6) is 0 Å². The van der Waals surface area contributed by atoms with Crippen molar-refractivity contribution in [1.82, 2.24) is 0 Å². The number of oxime groups is 2. The van der Waals surface area contributed by atoms with Gasteiger partial charge in [-0.2, -0.15) is 0 Å². The van der Waals surface area contributed by atoms with Gasteiger partial charge >= 0.3 is 0 Å². The molecule has 0 fully saturated rings. The van der Waals surface area contributed by atoms with Crippen LogP contribution in [0.15, 0.2) is 95.2 Å². The molecule has 3 rings (SSSR count). The Labute approximate surface area is 140 Å². The van der Waals surface area contributed by atoms with Crippen LogP contribution in [0.1, 0.15) is 22.3 Å². The molecule has 0 amide bonds. The van der Waals surface area contributed by atoms with E-state index >= 15 is 0 Å². The molecule has 0 spiro atoms. The topological polar surface area (TPSA) is 65.2 Å². The van der Waals surface area contributed by atoms with Gasteiger partial charge in [-0.3, -0.25) is 0 Å². The zero-order valence-corrected chi connectivity index (χ0v) is 12.9. The molecule has 24 heavy (non-hydrogen) atoms. The van der Waals surface area contributed by atoms with Crippen molar-refractivity contribution in [3.63, 3.8) is 0 Å². The van der Waals surface area contributed by atoms with Gasteiger partial charge in [-0.1, -0.05) is 95.2 Å². The first-order valence-electron chi connectivity index (χ1n) is 7.49. The molecular weight excluding hydrogens is 300 g/mol. The lowest BCUT2D eigenvalue weighted by Crippen LogP contribution is -2.06. The van der Waals surface area contributed by atoms with Crippen LogP contribution in [0.25, 0.3) is 0 Å². The highest BCUT2D eigenvalue weighted by Crippen LogP contribution is 2.15. The van der Waals surface area contributed by atoms with Crippen molar-refractivity contribution < 1.29 is 10.4 Å². The summed E-state index contributed by atoms with van der Waals surface area (Å²) < 4.78 is 0. The van der Waals surface area contributed by atoms with Gasteiger partial charge in [-0.25, -0.2) is 0 Å². The molecule has 0 bridgehead atoms. The lowest BCUT2D eigenvalue weighted by Gasteiger charge is -2.08. The fourth-order valence-electron chi connectivity index (χ4n) is 2.54.